The molecule has 8 heteroatoms. The molecule has 1 aromatic carbocycles. The Kier molecular flexibility index (Phi) is 4.62. The van der Waals surface area contributed by atoms with Gasteiger partial charge in [0.05, 0.1) is 15.9 Å². The number of carbonyl (C=O) groups is 1. The standard InChI is InChI=1S/C13H14ClFN2O4/c14-9-5-12(17(20)21)11(6-10(9)15)16-8-3-1-2-7(4-8)13(18)19/h5-8,16H,1-4H2,(H,18,19). The van der Waals surface area contributed by atoms with E-state index < -0.39 is 22.6 Å². The lowest BCUT2D eigenvalue weighted by Gasteiger charge is -2.28. The van der Waals surface area contributed by atoms with Crippen LogP contribution in [0.3, 0.4) is 0 Å². The van der Waals surface area contributed by atoms with Crippen molar-refractivity contribution in [1.29, 1.82) is 0 Å². The van der Waals surface area contributed by atoms with Gasteiger partial charge in [-0.2, -0.15) is 0 Å². The number of nitrogens with zero attached hydrogens (tertiary/aromatic N) is 1. The second-order valence-electron chi connectivity index (χ2n) is 5.08. The van der Waals surface area contributed by atoms with Gasteiger partial charge in [-0.15, -0.1) is 0 Å². The molecule has 0 aromatic heterocycles. The fraction of sp³-hybridized carbons (Fsp3) is 0.462. The third kappa shape index (κ3) is 3.60. The molecule has 2 atom stereocenters. The predicted octanol–water partition coefficient (Wildman–Crippen LogP) is 3.44. The molecule has 21 heavy (non-hydrogen) atoms. The molecule has 0 radical (unpaired) electrons. The van der Waals surface area contributed by atoms with Crippen molar-refractivity contribution in [2.24, 2.45) is 5.92 Å². The highest BCUT2D eigenvalue weighted by Gasteiger charge is 2.28. The number of anilines is 1. The maximum Gasteiger partial charge on any atom is 0.306 e. The Morgan fingerprint density at radius 1 is 1.48 bits per heavy atom. The second-order valence-corrected chi connectivity index (χ2v) is 5.49. The number of hydrogen-bond donors (Lipinski definition) is 2. The van der Waals surface area contributed by atoms with E-state index in [9.17, 15) is 19.3 Å². The van der Waals surface area contributed by atoms with Crippen LogP contribution < -0.4 is 5.32 Å². The van der Waals surface area contributed by atoms with Gasteiger partial charge in [-0.25, -0.2) is 4.39 Å². The maximum atomic E-state index is 13.5. The number of carboxylic acid groups (broad SMARTS) is 1. The summed E-state index contributed by atoms with van der Waals surface area (Å²) in [5, 5.41) is 22.6. The van der Waals surface area contributed by atoms with Crippen molar-refractivity contribution in [1.82, 2.24) is 0 Å². The molecular formula is C13H14ClFN2O4. The summed E-state index contributed by atoms with van der Waals surface area (Å²) in [4.78, 5) is 21.4. The highest BCUT2D eigenvalue weighted by atomic mass is 35.5. The molecule has 1 aromatic rings. The number of rotatable bonds is 4. The third-order valence-electron chi connectivity index (χ3n) is 3.62. The Morgan fingerprint density at radius 3 is 2.81 bits per heavy atom. The van der Waals surface area contributed by atoms with Gasteiger partial charge >= 0.3 is 5.97 Å². The van der Waals surface area contributed by atoms with Crippen LogP contribution in [0.1, 0.15) is 25.7 Å². The van der Waals surface area contributed by atoms with Gasteiger partial charge in [0, 0.05) is 18.2 Å². The van der Waals surface area contributed by atoms with Crippen LogP contribution in [0.25, 0.3) is 0 Å². The van der Waals surface area contributed by atoms with Crippen molar-refractivity contribution < 1.29 is 19.2 Å². The van der Waals surface area contributed by atoms with Crippen LogP contribution in [0.15, 0.2) is 12.1 Å². The van der Waals surface area contributed by atoms with E-state index in [1.807, 2.05) is 0 Å². The quantitative estimate of drug-likeness (QED) is 0.655. The molecule has 1 fully saturated rings. The molecule has 2 N–H and O–H groups in total. The molecule has 0 saturated heterocycles. The fourth-order valence-corrected chi connectivity index (χ4v) is 2.73. The molecule has 1 aliphatic rings. The average molecular weight is 317 g/mol. The number of nitro groups is 1. The smallest absolute Gasteiger partial charge is 0.306 e. The van der Waals surface area contributed by atoms with E-state index in [2.05, 4.69) is 5.32 Å². The van der Waals surface area contributed by atoms with Crippen molar-refractivity contribution in [3.05, 3.63) is 33.1 Å². The number of halogens is 2. The van der Waals surface area contributed by atoms with Crippen LogP contribution in [-0.2, 0) is 4.79 Å². The Balaban J connectivity index is 2.20. The minimum Gasteiger partial charge on any atom is -0.481 e. The van der Waals surface area contributed by atoms with Gasteiger partial charge in [-0.05, 0) is 19.3 Å². The van der Waals surface area contributed by atoms with Crippen molar-refractivity contribution in [3.63, 3.8) is 0 Å². The molecule has 0 amide bonds. The highest BCUT2D eigenvalue weighted by molar-refractivity contribution is 6.31. The zero-order chi connectivity index (χ0) is 15.6. The van der Waals surface area contributed by atoms with Crippen LogP contribution in [0, 0.1) is 21.8 Å². The number of carboxylic acids is 1. The van der Waals surface area contributed by atoms with Gasteiger partial charge in [0.15, 0.2) is 0 Å². The lowest BCUT2D eigenvalue weighted by molar-refractivity contribution is -0.384. The summed E-state index contributed by atoms with van der Waals surface area (Å²) >= 11 is 5.55. The summed E-state index contributed by atoms with van der Waals surface area (Å²) in [6.07, 6.45) is 2.34. The highest BCUT2D eigenvalue weighted by Crippen LogP contribution is 2.33. The molecule has 0 heterocycles. The molecule has 0 bridgehead atoms. The van der Waals surface area contributed by atoms with Gasteiger partial charge in [-0.3, -0.25) is 14.9 Å². The van der Waals surface area contributed by atoms with Crippen LogP contribution in [-0.4, -0.2) is 22.0 Å². The van der Waals surface area contributed by atoms with Crippen LogP contribution >= 0.6 is 11.6 Å². The zero-order valence-corrected chi connectivity index (χ0v) is 11.8. The normalized spacial score (nSPS) is 21.8. The number of aliphatic carboxylic acids is 1. The van der Waals surface area contributed by atoms with E-state index in [0.717, 1.165) is 12.1 Å². The summed E-state index contributed by atoms with van der Waals surface area (Å²) in [6.45, 7) is 0. The Labute approximate surface area is 125 Å². The fourth-order valence-electron chi connectivity index (χ4n) is 2.57. The first-order valence-electron chi connectivity index (χ1n) is 6.51. The molecule has 2 rings (SSSR count). The summed E-state index contributed by atoms with van der Waals surface area (Å²) in [5.41, 5.74) is -0.295. The minimum absolute atomic E-state index is 0.0259. The number of nitro benzene ring substituents is 1. The van der Waals surface area contributed by atoms with E-state index in [-0.39, 0.29) is 22.4 Å². The molecule has 1 aliphatic carbocycles. The summed E-state index contributed by atoms with van der Waals surface area (Å²) < 4.78 is 13.5. The summed E-state index contributed by atoms with van der Waals surface area (Å²) in [6, 6.07) is 1.70. The molecule has 0 spiro atoms. The third-order valence-corrected chi connectivity index (χ3v) is 3.91. The SMILES string of the molecule is O=C(O)C1CCCC(Nc2cc(F)c(Cl)cc2[N+](=O)[O-])C1. The number of hydrogen-bond acceptors (Lipinski definition) is 4. The summed E-state index contributed by atoms with van der Waals surface area (Å²) in [5.74, 6) is -2.11. The first kappa shape index (κ1) is 15.5. The van der Waals surface area contributed by atoms with Crippen molar-refractivity contribution in [3.8, 4) is 0 Å². The molecule has 2 unspecified atom stereocenters. The van der Waals surface area contributed by atoms with Crippen molar-refractivity contribution in [2.45, 2.75) is 31.7 Å². The minimum atomic E-state index is -0.877. The van der Waals surface area contributed by atoms with Gasteiger partial charge in [0.25, 0.3) is 5.69 Å². The van der Waals surface area contributed by atoms with E-state index in [1.54, 1.807) is 0 Å². The van der Waals surface area contributed by atoms with Crippen molar-refractivity contribution in [2.75, 3.05) is 5.32 Å². The molecule has 1 saturated carbocycles. The molecule has 6 nitrogen and oxygen atoms in total. The Hall–Kier alpha value is -1.89. The Bertz CT molecular complexity index is 582. The lowest BCUT2D eigenvalue weighted by atomic mass is 9.85. The molecule has 114 valence electrons. The lowest BCUT2D eigenvalue weighted by Crippen LogP contribution is -2.31. The molecular weight excluding hydrogens is 303 g/mol. The van der Waals surface area contributed by atoms with E-state index in [4.69, 9.17) is 16.7 Å². The van der Waals surface area contributed by atoms with Gasteiger partial charge in [0.1, 0.15) is 11.5 Å². The van der Waals surface area contributed by atoms with E-state index >= 15 is 0 Å². The Morgan fingerprint density at radius 2 is 2.19 bits per heavy atom. The van der Waals surface area contributed by atoms with Gasteiger partial charge < -0.3 is 10.4 Å². The maximum absolute atomic E-state index is 13.5. The predicted molar refractivity (Wildman–Crippen MR) is 75.1 cm³/mol. The molecule has 0 aliphatic heterocycles. The number of benzene rings is 1. The van der Waals surface area contributed by atoms with E-state index in [1.165, 1.54) is 0 Å². The zero-order valence-electron chi connectivity index (χ0n) is 11.0. The van der Waals surface area contributed by atoms with E-state index in [0.29, 0.717) is 25.7 Å². The largest absolute Gasteiger partial charge is 0.481 e. The average Bonchev–Trinajstić information content (AvgIpc) is 2.42. The monoisotopic (exact) mass is 316 g/mol. The summed E-state index contributed by atoms with van der Waals surface area (Å²) in [7, 11) is 0. The van der Waals surface area contributed by atoms with Gasteiger partial charge in [-0.1, -0.05) is 18.0 Å². The van der Waals surface area contributed by atoms with Gasteiger partial charge in [0.2, 0.25) is 0 Å². The van der Waals surface area contributed by atoms with Crippen LogP contribution in [0.4, 0.5) is 15.8 Å². The topological polar surface area (TPSA) is 92.5 Å². The first-order valence-corrected chi connectivity index (χ1v) is 6.89. The van der Waals surface area contributed by atoms with Crippen LogP contribution in [0.2, 0.25) is 5.02 Å². The second kappa shape index (κ2) is 6.26. The van der Waals surface area contributed by atoms with Crippen molar-refractivity contribution >= 4 is 28.9 Å². The number of nitrogens with one attached hydrogen (secondary N) is 1. The van der Waals surface area contributed by atoms with Crippen LogP contribution in [0.5, 0.6) is 0 Å². The first-order chi connectivity index (χ1) is 9.88.